The van der Waals surface area contributed by atoms with E-state index in [4.69, 9.17) is 0 Å². The fraction of sp³-hybridized carbons (Fsp3) is 0.538. The Balaban J connectivity index is 2.76. The number of hydrogen-bond acceptors (Lipinski definition) is 2. The van der Waals surface area contributed by atoms with Gasteiger partial charge in [0.2, 0.25) is 10.0 Å². The molecule has 1 unspecified atom stereocenters. The Morgan fingerprint density at radius 3 is 2.33 bits per heavy atom. The third kappa shape index (κ3) is 4.71. The first-order valence-electron chi connectivity index (χ1n) is 6.22. The predicted molar refractivity (Wildman–Crippen MR) is 78.6 cm³/mol. The van der Waals surface area contributed by atoms with Crippen molar-refractivity contribution in [3.05, 3.63) is 29.8 Å². The van der Waals surface area contributed by atoms with Gasteiger partial charge in [-0.1, -0.05) is 41.9 Å². The SMILES string of the molecule is CCCNS(=O)(=O)c1ccc(CC(Br)CC)cc1. The zero-order valence-electron chi connectivity index (χ0n) is 10.8. The maximum Gasteiger partial charge on any atom is 0.240 e. The topological polar surface area (TPSA) is 46.2 Å². The van der Waals surface area contributed by atoms with Crippen LogP contribution < -0.4 is 4.72 Å². The lowest BCUT2D eigenvalue weighted by Gasteiger charge is -2.09. The van der Waals surface area contributed by atoms with Crippen LogP contribution in [0.3, 0.4) is 0 Å². The monoisotopic (exact) mass is 333 g/mol. The van der Waals surface area contributed by atoms with Crippen molar-refractivity contribution >= 4 is 26.0 Å². The van der Waals surface area contributed by atoms with E-state index in [9.17, 15) is 8.42 Å². The summed E-state index contributed by atoms with van der Waals surface area (Å²) in [5.41, 5.74) is 1.15. The Morgan fingerprint density at radius 1 is 1.22 bits per heavy atom. The van der Waals surface area contributed by atoms with E-state index in [0.29, 0.717) is 16.3 Å². The minimum Gasteiger partial charge on any atom is -0.211 e. The van der Waals surface area contributed by atoms with Crippen molar-refractivity contribution in [2.75, 3.05) is 6.54 Å². The Kier molecular flexibility index (Phi) is 6.32. The van der Waals surface area contributed by atoms with E-state index < -0.39 is 10.0 Å². The zero-order chi connectivity index (χ0) is 13.6. The highest BCUT2D eigenvalue weighted by Crippen LogP contribution is 2.15. The molecular formula is C13H20BrNO2S. The second-order valence-corrected chi connectivity index (χ2v) is 7.31. The van der Waals surface area contributed by atoms with Gasteiger partial charge in [0.15, 0.2) is 0 Å². The number of sulfonamides is 1. The van der Waals surface area contributed by atoms with Crippen LogP contribution in [0.5, 0.6) is 0 Å². The summed E-state index contributed by atoms with van der Waals surface area (Å²) in [5.74, 6) is 0. The molecule has 18 heavy (non-hydrogen) atoms. The molecule has 1 aromatic rings. The molecule has 5 heteroatoms. The van der Waals surface area contributed by atoms with Crippen LogP contribution in [0.4, 0.5) is 0 Å². The van der Waals surface area contributed by atoms with Gasteiger partial charge in [-0.25, -0.2) is 13.1 Å². The van der Waals surface area contributed by atoms with E-state index in [-0.39, 0.29) is 0 Å². The molecule has 102 valence electrons. The molecule has 0 heterocycles. The van der Waals surface area contributed by atoms with Crippen molar-refractivity contribution < 1.29 is 8.42 Å². The molecule has 1 atom stereocenters. The van der Waals surface area contributed by atoms with Gasteiger partial charge in [0.05, 0.1) is 4.90 Å². The molecule has 1 aromatic carbocycles. The van der Waals surface area contributed by atoms with Crippen LogP contribution in [-0.2, 0) is 16.4 Å². The van der Waals surface area contributed by atoms with Crippen LogP contribution in [0.25, 0.3) is 0 Å². The van der Waals surface area contributed by atoms with Crippen molar-refractivity contribution in [2.45, 2.75) is 42.8 Å². The van der Waals surface area contributed by atoms with Gasteiger partial charge < -0.3 is 0 Å². The molecule has 0 aliphatic rings. The average molecular weight is 334 g/mol. The van der Waals surface area contributed by atoms with Gasteiger partial charge >= 0.3 is 0 Å². The number of rotatable bonds is 7. The van der Waals surface area contributed by atoms with Crippen molar-refractivity contribution in [3.8, 4) is 0 Å². The first kappa shape index (κ1) is 15.7. The van der Waals surface area contributed by atoms with E-state index in [2.05, 4.69) is 27.6 Å². The summed E-state index contributed by atoms with van der Waals surface area (Å²) in [6, 6.07) is 7.10. The van der Waals surface area contributed by atoms with Crippen LogP contribution >= 0.6 is 15.9 Å². The summed E-state index contributed by atoms with van der Waals surface area (Å²) in [7, 11) is -3.33. The summed E-state index contributed by atoms with van der Waals surface area (Å²) in [6.45, 7) is 4.53. The Hall–Kier alpha value is -0.390. The smallest absolute Gasteiger partial charge is 0.211 e. The van der Waals surface area contributed by atoms with Crippen molar-refractivity contribution in [3.63, 3.8) is 0 Å². The fourth-order valence-electron chi connectivity index (χ4n) is 1.52. The molecule has 0 saturated carbocycles. The lowest BCUT2D eigenvalue weighted by molar-refractivity contribution is 0.581. The molecule has 0 aliphatic heterocycles. The maximum atomic E-state index is 11.9. The van der Waals surface area contributed by atoms with Crippen LogP contribution in [0.2, 0.25) is 0 Å². The molecule has 0 radical (unpaired) electrons. The third-order valence-electron chi connectivity index (χ3n) is 2.68. The summed E-state index contributed by atoms with van der Waals surface area (Å²) in [4.78, 5) is 0.778. The van der Waals surface area contributed by atoms with E-state index >= 15 is 0 Å². The van der Waals surface area contributed by atoms with Crippen LogP contribution in [0, 0.1) is 0 Å². The Morgan fingerprint density at radius 2 is 1.83 bits per heavy atom. The van der Waals surface area contributed by atoms with Gasteiger partial charge in [0.25, 0.3) is 0 Å². The number of halogens is 1. The molecule has 0 fully saturated rings. The van der Waals surface area contributed by atoms with E-state index in [0.717, 1.165) is 24.8 Å². The van der Waals surface area contributed by atoms with Crippen LogP contribution in [-0.4, -0.2) is 19.8 Å². The lowest BCUT2D eigenvalue weighted by Crippen LogP contribution is -2.24. The third-order valence-corrected chi connectivity index (χ3v) is 5.12. The molecule has 1 N–H and O–H groups in total. The molecule has 0 amide bonds. The number of alkyl halides is 1. The number of nitrogens with one attached hydrogen (secondary N) is 1. The zero-order valence-corrected chi connectivity index (χ0v) is 13.2. The highest BCUT2D eigenvalue weighted by atomic mass is 79.9. The standard InChI is InChI=1S/C13H20BrNO2S/c1-3-9-15-18(16,17)13-7-5-11(6-8-13)10-12(14)4-2/h5-8,12,15H,3-4,9-10H2,1-2H3. The summed E-state index contributed by atoms with van der Waals surface area (Å²) in [5, 5.41) is 0. The largest absolute Gasteiger partial charge is 0.240 e. The van der Waals surface area contributed by atoms with Gasteiger partial charge in [-0.05, 0) is 37.0 Å². The van der Waals surface area contributed by atoms with Gasteiger partial charge in [-0.15, -0.1) is 0 Å². The Bertz CT molecular complexity index is 456. The number of hydrogen-bond donors (Lipinski definition) is 1. The average Bonchev–Trinajstić information content (AvgIpc) is 2.37. The first-order valence-corrected chi connectivity index (χ1v) is 8.62. The molecule has 1 rings (SSSR count). The fourth-order valence-corrected chi connectivity index (χ4v) is 3.03. The lowest BCUT2D eigenvalue weighted by atomic mass is 10.1. The summed E-state index contributed by atoms with van der Waals surface area (Å²) >= 11 is 3.58. The van der Waals surface area contributed by atoms with Crippen molar-refractivity contribution in [2.24, 2.45) is 0 Å². The van der Waals surface area contributed by atoms with Crippen LogP contribution in [0.15, 0.2) is 29.2 Å². The molecular weight excluding hydrogens is 314 g/mol. The van der Waals surface area contributed by atoms with Gasteiger partial charge in [0, 0.05) is 11.4 Å². The van der Waals surface area contributed by atoms with Crippen LogP contribution in [0.1, 0.15) is 32.3 Å². The first-order chi connectivity index (χ1) is 8.49. The molecule has 0 saturated heterocycles. The van der Waals surface area contributed by atoms with Gasteiger partial charge in [-0.2, -0.15) is 0 Å². The second-order valence-electron chi connectivity index (χ2n) is 4.25. The second kappa shape index (κ2) is 7.26. The Labute approximate surface area is 118 Å². The quantitative estimate of drug-likeness (QED) is 0.779. The van der Waals surface area contributed by atoms with E-state index in [1.54, 1.807) is 12.1 Å². The molecule has 3 nitrogen and oxygen atoms in total. The van der Waals surface area contributed by atoms with E-state index in [1.165, 1.54) is 0 Å². The number of benzene rings is 1. The summed E-state index contributed by atoms with van der Waals surface area (Å²) in [6.07, 6.45) is 2.76. The van der Waals surface area contributed by atoms with Crippen molar-refractivity contribution in [1.82, 2.24) is 4.72 Å². The summed E-state index contributed by atoms with van der Waals surface area (Å²) < 4.78 is 26.3. The predicted octanol–water partition coefficient (Wildman–Crippen LogP) is 3.09. The highest BCUT2D eigenvalue weighted by Gasteiger charge is 2.12. The van der Waals surface area contributed by atoms with Gasteiger partial charge in [-0.3, -0.25) is 0 Å². The minimum atomic E-state index is -3.33. The highest BCUT2D eigenvalue weighted by molar-refractivity contribution is 9.09. The normalized spacial score (nSPS) is 13.5. The molecule has 0 spiro atoms. The van der Waals surface area contributed by atoms with Gasteiger partial charge in [0.1, 0.15) is 0 Å². The maximum absolute atomic E-state index is 11.9. The minimum absolute atomic E-state index is 0.335. The molecule has 0 bridgehead atoms. The van der Waals surface area contributed by atoms with E-state index in [1.807, 2.05) is 19.1 Å². The molecule has 0 aromatic heterocycles. The van der Waals surface area contributed by atoms with Crippen molar-refractivity contribution in [1.29, 1.82) is 0 Å². The molecule has 0 aliphatic carbocycles.